The van der Waals surface area contributed by atoms with E-state index >= 15 is 0 Å². The lowest BCUT2D eigenvalue weighted by molar-refractivity contribution is -0.129. The molecule has 6 heteroatoms. The van der Waals surface area contributed by atoms with E-state index in [4.69, 9.17) is 0 Å². The largest absolute Gasteiger partial charge is 0.390 e. The summed E-state index contributed by atoms with van der Waals surface area (Å²) in [5.74, 6) is 1.53. The summed E-state index contributed by atoms with van der Waals surface area (Å²) < 4.78 is 0. The van der Waals surface area contributed by atoms with Crippen molar-refractivity contribution in [3.8, 4) is 0 Å². The number of nitrogens with zero attached hydrogens (tertiary/aromatic N) is 1. The van der Waals surface area contributed by atoms with Crippen molar-refractivity contribution in [1.82, 2.24) is 15.3 Å². The molecule has 1 amide bonds. The molecule has 4 bridgehead atoms. The smallest absolute Gasteiger partial charge is 0.255 e. The Balaban J connectivity index is 1.51. The molecule has 2 unspecified atom stereocenters. The number of H-pyrrole nitrogens is 1. The summed E-state index contributed by atoms with van der Waals surface area (Å²) in [6, 6.07) is 2.37. The zero-order chi connectivity index (χ0) is 18.8. The quantitative estimate of drug-likeness (QED) is 0.668. The van der Waals surface area contributed by atoms with Gasteiger partial charge in [-0.2, -0.15) is 0 Å². The first-order valence-corrected chi connectivity index (χ1v) is 10.2. The van der Waals surface area contributed by atoms with Crippen LogP contribution in [0.3, 0.4) is 0 Å². The number of aliphatic hydroxyl groups is 1. The molecule has 2 heterocycles. The lowest BCUT2D eigenvalue weighted by atomic mass is 9.52. The Bertz CT molecular complexity index is 873. The SMILES string of the molecule is CC(C)NC(=O)c1cnc2[nH]ccc2c1NC1C2CC3CC1CC(O)(C3)C2. The highest BCUT2D eigenvalue weighted by Gasteiger charge is 2.54. The third-order valence-corrected chi connectivity index (χ3v) is 6.80. The Morgan fingerprint density at radius 3 is 2.70 bits per heavy atom. The topological polar surface area (TPSA) is 90.0 Å². The summed E-state index contributed by atoms with van der Waals surface area (Å²) in [6.07, 6.45) is 8.65. The molecule has 4 N–H and O–H groups in total. The van der Waals surface area contributed by atoms with Crippen LogP contribution in [-0.2, 0) is 0 Å². The van der Waals surface area contributed by atoms with Crippen molar-refractivity contribution in [3.63, 3.8) is 0 Å². The van der Waals surface area contributed by atoms with Gasteiger partial charge >= 0.3 is 0 Å². The highest BCUT2D eigenvalue weighted by atomic mass is 16.3. The molecular weight excluding hydrogens is 340 g/mol. The molecule has 144 valence electrons. The molecule has 2 atom stereocenters. The van der Waals surface area contributed by atoms with Crippen molar-refractivity contribution in [3.05, 3.63) is 24.0 Å². The Morgan fingerprint density at radius 1 is 1.30 bits per heavy atom. The van der Waals surface area contributed by atoms with E-state index in [-0.39, 0.29) is 11.9 Å². The van der Waals surface area contributed by atoms with Gasteiger partial charge in [0.1, 0.15) is 5.65 Å². The van der Waals surface area contributed by atoms with Crippen LogP contribution in [0.5, 0.6) is 0 Å². The van der Waals surface area contributed by atoms with Crippen LogP contribution in [0.1, 0.15) is 56.3 Å². The average Bonchev–Trinajstić information content (AvgIpc) is 3.04. The minimum absolute atomic E-state index is 0.0719. The van der Waals surface area contributed by atoms with Gasteiger partial charge in [0, 0.05) is 29.9 Å². The number of aromatic nitrogens is 2. The first-order chi connectivity index (χ1) is 12.9. The third kappa shape index (κ3) is 2.81. The van der Waals surface area contributed by atoms with Crippen molar-refractivity contribution in [2.45, 2.75) is 63.6 Å². The summed E-state index contributed by atoms with van der Waals surface area (Å²) in [6.45, 7) is 3.93. The van der Waals surface area contributed by atoms with Gasteiger partial charge in [-0.3, -0.25) is 4.79 Å². The lowest BCUT2D eigenvalue weighted by Crippen LogP contribution is -2.59. The molecule has 2 aromatic heterocycles. The second kappa shape index (κ2) is 5.96. The van der Waals surface area contributed by atoms with Crippen molar-refractivity contribution in [1.29, 1.82) is 0 Å². The van der Waals surface area contributed by atoms with E-state index in [9.17, 15) is 9.90 Å². The van der Waals surface area contributed by atoms with Crippen LogP contribution in [0.4, 0.5) is 5.69 Å². The average molecular weight is 368 g/mol. The maximum Gasteiger partial charge on any atom is 0.255 e. The first-order valence-electron chi connectivity index (χ1n) is 10.2. The molecule has 0 spiro atoms. The number of fused-ring (bicyclic) bond motifs is 1. The third-order valence-electron chi connectivity index (χ3n) is 6.80. The fourth-order valence-corrected chi connectivity index (χ4v) is 6.06. The fraction of sp³-hybridized carbons (Fsp3) is 0.619. The van der Waals surface area contributed by atoms with E-state index < -0.39 is 5.60 Å². The molecule has 6 nitrogen and oxygen atoms in total. The van der Waals surface area contributed by atoms with Crippen LogP contribution >= 0.6 is 0 Å². The standard InChI is InChI=1S/C21H28N4O2/c1-11(2)24-20(26)16-10-23-19-15(3-4-22-19)18(16)25-17-13-5-12-6-14(17)9-21(27,7-12)8-13/h3-4,10-14,17,27H,5-9H2,1-2H3,(H,24,26)(H2,22,23,25). The predicted octanol–water partition coefficient (Wildman–Crippen LogP) is 3.05. The van der Waals surface area contributed by atoms with E-state index in [0.717, 1.165) is 36.0 Å². The Labute approximate surface area is 159 Å². The summed E-state index contributed by atoms with van der Waals surface area (Å²) in [5.41, 5.74) is 1.82. The fourth-order valence-electron chi connectivity index (χ4n) is 6.06. The van der Waals surface area contributed by atoms with E-state index in [1.165, 1.54) is 12.8 Å². The van der Waals surface area contributed by atoms with Gasteiger partial charge in [0.2, 0.25) is 0 Å². The van der Waals surface area contributed by atoms with Crippen LogP contribution in [0.2, 0.25) is 0 Å². The second-order valence-electron chi connectivity index (χ2n) is 9.28. The van der Waals surface area contributed by atoms with E-state index in [1.807, 2.05) is 26.1 Å². The number of anilines is 1. The van der Waals surface area contributed by atoms with Gasteiger partial charge in [-0.15, -0.1) is 0 Å². The van der Waals surface area contributed by atoms with Gasteiger partial charge in [0.25, 0.3) is 5.91 Å². The zero-order valence-electron chi connectivity index (χ0n) is 16.0. The summed E-state index contributed by atoms with van der Waals surface area (Å²) in [5, 5.41) is 18.6. The molecule has 27 heavy (non-hydrogen) atoms. The summed E-state index contributed by atoms with van der Waals surface area (Å²) in [7, 11) is 0. The monoisotopic (exact) mass is 368 g/mol. The number of amides is 1. The van der Waals surface area contributed by atoms with Crippen LogP contribution < -0.4 is 10.6 Å². The molecule has 4 fully saturated rings. The summed E-state index contributed by atoms with van der Waals surface area (Å²) >= 11 is 0. The molecular formula is C21H28N4O2. The molecule has 4 aliphatic carbocycles. The van der Waals surface area contributed by atoms with Gasteiger partial charge < -0.3 is 20.7 Å². The molecule has 0 aliphatic heterocycles. The molecule has 2 aromatic rings. The predicted molar refractivity (Wildman–Crippen MR) is 105 cm³/mol. The van der Waals surface area contributed by atoms with Crippen LogP contribution in [0.25, 0.3) is 11.0 Å². The first kappa shape index (κ1) is 17.0. The Kier molecular flexibility index (Phi) is 3.76. The summed E-state index contributed by atoms with van der Waals surface area (Å²) in [4.78, 5) is 20.4. The number of hydrogen-bond acceptors (Lipinski definition) is 4. The highest BCUT2D eigenvalue weighted by Crippen LogP contribution is 2.56. The Morgan fingerprint density at radius 2 is 2.04 bits per heavy atom. The zero-order valence-corrected chi connectivity index (χ0v) is 16.0. The maximum atomic E-state index is 12.8. The van der Waals surface area contributed by atoms with E-state index in [2.05, 4.69) is 20.6 Å². The molecule has 0 aromatic carbocycles. The minimum Gasteiger partial charge on any atom is -0.390 e. The highest BCUT2D eigenvalue weighted by molar-refractivity contribution is 6.06. The van der Waals surface area contributed by atoms with Gasteiger partial charge in [0.05, 0.1) is 16.9 Å². The molecule has 0 radical (unpaired) electrons. The van der Waals surface area contributed by atoms with Gasteiger partial charge in [-0.1, -0.05) is 0 Å². The second-order valence-corrected chi connectivity index (χ2v) is 9.28. The number of nitrogens with one attached hydrogen (secondary N) is 3. The number of carbonyl (C=O) groups excluding carboxylic acids is 1. The minimum atomic E-state index is -0.450. The van der Waals surface area contributed by atoms with Crippen LogP contribution in [0, 0.1) is 17.8 Å². The number of rotatable bonds is 4. The normalized spacial score (nSPS) is 34.4. The van der Waals surface area contributed by atoms with E-state index in [1.54, 1.807) is 6.20 Å². The van der Waals surface area contributed by atoms with Crippen LogP contribution in [-0.4, -0.2) is 38.7 Å². The number of pyridine rings is 1. The van der Waals surface area contributed by atoms with Crippen molar-refractivity contribution in [2.24, 2.45) is 17.8 Å². The Hall–Kier alpha value is -2.08. The van der Waals surface area contributed by atoms with Crippen molar-refractivity contribution in [2.75, 3.05) is 5.32 Å². The van der Waals surface area contributed by atoms with Crippen molar-refractivity contribution >= 4 is 22.6 Å². The van der Waals surface area contributed by atoms with Gasteiger partial charge in [0.15, 0.2) is 0 Å². The van der Waals surface area contributed by atoms with Crippen LogP contribution in [0.15, 0.2) is 18.5 Å². The van der Waals surface area contributed by atoms with E-state index in [0.29, 0.717) is 29.4 Å². The number of hydrogen-bond donors (Lipinski definition) is 4. The number of aromatic amines is 1. The van der Waals surface area contributed by atoms with Gasteiger partial charge in [-0.05, 0) is 69.8 Å². The molecule has 4 saturated carbocycles. The van der Waals surface area contributed by atoms with Gasteiger partial charge in [-0.25, -0.2) is 4.98 Å². The van der Waals surface area contributed by atoms with Crippen molar-refractivity contribution < 1.29 is 9.90 Å². The number of carbonyl (C=O) groups is 1. The lowest BCUT2D eigenvalue weighted by Gasteiger charge is -2.58. The maximum absolute atomic E-state index is 12.8. The molecule has 4 aliphatic rings. The molecule has 6 rings (SSSR count). The molecule has 0 saturated heterocycles.